The molecule has 16 heteroatoms. The van der Waals surface area contributed by atoms with Gasteiger partial charge in [0.1, 0.15) is 5.75 Å². The van der Waals surface area contributed by atoms with Crippen molar-refractivity contribution in [3.63, 3.8) is 0 Å². The van der Waals surface area contributed by atoms with E-state index in [1.165, 1.54) is 0 Å². The van der Waals surface area contributed by atoms with E-state index >= 15 is 0 Å². The summed E-state index contributed by atoms with van der Waals surface area (Å²) in [6, 6.07) is 28.0. The first-order valence-corrected chi connectivity index (χ1v) is 18.7. The summed E-state index contributed by atoms with van der Waals surface area (Å²) in [5, 5.41) is 12.3. The van der Waals surface area contributed by atoms with Gasteiger partial charge >= 0.3 is 12.2 Å². The zero-order valence-electron chi connectivity index (χ0n) is 31.9. The van der Waals surface area contributed by atoms with E-state index in [0.717, 1.165) is 35.3 Å². The van der Waals surface area contributed by atoms with Crippen LogP contribution in [-0.2, 0) is 21.5 Å². The normalized spacial score (nSPS) is 13.2. The van der Waals surface area contributed by atoms with E-state index in [0.29, 0.717) is 21.8 Å². The standard InChI is InChI=1S/C42H41ClF3N7O5/c1-40(2,24-48-36(56)34(54)21-26-7-9-27(10-8-26)29-5-4-6-33(22-29)57-3)23-47-35(55)28-11-17-32(18-12-28)49-37-50-38(52-39(51-37)58-25-42(44,45)46)53-41(19-20-41)30-13-15-31(43)16-14-30/h4-18,22H,19-21,23-25H2,1-3H3,(H,47,55)(H,48,56)(H2,49,50,51,52,53). The molecule has 1 heterocycles. The summed E-state index contributed by atoms with van der Waals surface area (Å²) in [5.41, 5.74) is 3.17. The van der Waals surface area contributed by atoms with Crippen molar-refractivity contribution in [2.24, 2.45) is 5.41 Å². The zero-order chi connectivity index (χ0) is 41.5. The van der Waals surface area contributed by atoms with Crippen LogP contribution in [0.3, 0.4) is 0 Å². The summed E-state index contributed by atoms with van der Waals surface area (Å²) < 4.78 is 49.1. The number of aromatic nitrogens is 3. The van der Waals surface area contributed by atoms with E-state index in [9.17, 15) is 27.6 Å². The van der Waals surface area contributed by atoms with Gasteiger partial charge in [0.25, 0.3) is 11.8 Å². The Hall–Kier alpha value is -6.22. The Morgan fingerprint density at radius 3 is 2.14 bits per heavy atom. The van der Waals surface area contributed by atoms with E-state index in [4.69, 9.17) is 21.1 Å². The van der Waals surface area contributed by atoms with Crippen LogP contribution in [0.5, 0.6) is 11.8 Å². The van der Waals surface area contributed by atoms with Crippen molar-refractivity contribution < 1.29 is 37.0 Å². The number of methoxy groups -OCH3 is 1. The molecule has 4 N–H and O–H groups in total. The van der Waals surface area contributed by atoms with Gasteiger partial charge in [0, 0.05) is 35.8 Å². The lowest BCUT2D eigenvalue weighted by atomic mass is 9.93. The molecule has 1 aliphatic carbocycles. The minimum absolute atomic E-state index is 0.0111. The van der Waals surface area contributed by atoms with Crippen molar-refractivity contribution in [2.45, 2.75) is 44.8 Å². The Balaban J connectivity index is 1.00. The molecule has 0 spiro atoms. The largest absolute Gasteiger partial charge is 0.497 e. The minimum atomic E-state index is -4.61. The fraction of sp³-hybridized carbons (Fsp3) is 0.286. The molecule has 1 aromatic heterocycles. The molecule has 1 fully saturated rings. The maximum atomic E-state index is 13.0. The zero-order valence-corrected chi connectivity index (χ0v) is 32.6. The van der Waals surface area contributed by atoms with Crippen molar-refractivity contribution in [3.05, 3.63) is 119 Å². The third kappa shape index (κ3) is 11.4. The lowest BCUT2D eigenvalue weighted by Crippen LogP contribution is -2.44. The molecule has 5 aromatic rings. The van der Waals surface area contributed by atoms with Crippen LogP contribution in [0.15, 0.2) is 97.1 Å². The average Bonchev–Trinajstić information content (AvgIpc) is 3.99. The molecule has 0 radical (unpaired) electrons. The summed E-state index contributed by atoms with van der Waals surface area (Å²) in [4.78, 5) is 50.9. The van der Waals surface area contributed by atoms with Gasteiger partial charge in [0.05, 0.1) is 12.6 Å². The summed E-state index contributed by atoms with van der Waals surface area (Å²) in [7, 11) is 1.60. The van der Waals surface area contributed by atoms with Crippen LogP contribution in [0.1, 0.15) is 48.2 Å². The van der Waals surface area contributed by atoms with E-state index in [1.54, 1.807) is 43.5 Å². The number of nitrogens with one attached hydrogen (secondary N) is 4. The van der Waals surface area contributed by atoms with Crippen molar-refractivity contribution in [1.29, 1.82) is 0 Å². The van der Waals surface area contributed by atoms with Crippen LogP contribution in [0, 0.1) is 5.41 Å². The van der Waals surface area contributed by atoms with E-state index in [2.05, 4.69) is 36.2 Å². The smallest absolute Gasteiger partial charge is 0.422 e. The molecule has 302 valence electrons. The predicted molar refractivity (Wildman–Crippen MR) is 213 cm³/mol. The number of carbonyl (C=O) groups excluding carboxylic acids is 3. The van der Waals surface area contributed by atoms with Crippen LogP contribution in [-0.4, -0.2) is 65.5 Å². The van der Waals surface area contributed by atoms with Gasteiger partial charge in [-0.2, -0.15) is 28.1 Å². The topological polar surface area (TPSA) is 156 Å². The first kappa shape index (κ1) is 41.4. The van der Waals surface area contributed by atoms with Crippen LogP contribution < -0.4 is 30.7 Å². The first-order chi connectivity index (χ1) is 27.6. The number of rotatable bonds is 17. The quantitative estimate of drug-likeness (QED) is 0.0688. The summed E-state index contributed by atoms with van der Waals surface area (Å²) in [6.45, 7) is 2.41. The molecule has 0 bridgehead atoms. The second-order valence-electron chi connectivity index (χ2n) is 14.6. The molecule has 0 unspecified atom stereocenters. The van der Waals surface area contributed by atoms with Crippen molar-refractivity contribution in [2.75, 3.05) is 37.4 Å². The summed E-state index contributed by atoms with van der Waals surface area (Å²) >= 11 is 6.05. The van der Waals surface area contributed by atoms with Gasteiger partial charge in [-0.05, 0) is 89.0 Å². The number of hydrogen-bond acceptors (Lipinski definition) is 10. The Labute approximate surface area is 337 Å². The van der Waals surface area contributed by atoms with Crippen molar-refractivity contribution in [1.82, 2.24) is 25.6 Å². The maximum Gasteiger partial charge on any atom is 0.422 e. The third-order valence-corrected chi connectivity index (χ3v) is 9.56. The van der Waals surface area contributed by atoms with Crippen LogP contribution in [0.4, 0.5) is 30.8 Å². The number of benzene rings is 4. The second-order valence-corrected chi connectivity index (χ2v) is 15.1. The number of hydrogen-bond donors (Lipinski definition) is 4. The number of halogens is 4. The molecule has 0 aliphatic heterocycles. The highest BCUT2D eigenvalue weighted by molar-refractivity contribution is 6.36. The lowest BCUT2D eigenvalue weighted by molar-refractivity contribution is -0.154. The van der Waals surface area contributed by atoms with Gasteiger partial charge in [-0.3, -0.25) is 14.4 Å². The molecule has 1 aliphatic rings. The van der Waals surface area contributed by atoms with Gasteiger partial charge in [-0.25, -0.2) is 0 Å². The Bertz CT molecular complexity index is 2250. The molecular formula is C42H41ClF3N7O5. The van der Waals surface area contributed by atoms with Crippen LogP contribution in [0.2, 0.25) is 5.02 Å². The monoisotopic (exact) mass is 815 g/mol. The predicted octanol–water partition coefficient (Wildman–Crippen LogP) is 7.67. The number of ether oxygens (including phenoxy) is 2. The van der Waals surface area contributed by atoms with E-state index < -0.39 is 41.4 Å². The van der Waals surface area contributed by atoms with Gasteiger partial charge in [0.15, 0.2) is 6.61 Å². The number of carbonyl (C=O) groups is 3. The maximum absolute atomic E-state index is 13.0. The van der Waals surface area contributed by atoms with Crippen molar-refractivity contribution >= 4 is 46.8 Å². The van der Waals surface area contributed by atoms with Gasteiger partial charge < -0.3 is 30.7 Å². The molecule has 0 saturated heterocycles. The number of alkyl halides is 3. The molecule has 12 nitrogen and oxygen atoms in total. The van der Waals surface area contributed by atoms with Crippen LogP contribution >= 0.6 is 11.6 Å². The van der Waals surface area contributed by atoms with E-state index in [-0.39, 0.29) is 37.3 Å². The summed E-state index contributed by atoms with van der Waals surface area (Å²) in [5.74, 6) is -1.01. The fourth-order valence-corrected chi connectivity index (χ4v) is 6.02. The molecule has 6 rings (SSSR count). The first-order valence-electron chi connectivity index (χ1n) is 18.3. The number of nitrogens with zero attached hydrogens (tertiary/aromatic N) is 3. The van der Waals surface area contributed by atoms with Gasteiger partial charge in [-0.15, -0.1) is 0 Å². The summed E-state index contributed by atoms with van der Waals surface area (Å²) in [6.07, 6.45) is -3.20. The molecule has 0 atom stereocenters. The molecule has 58 heavy (non-hydrogen) atoms. The number of anilines is 3. The SMILES string of the molecule is COc1cccc(-c2ccc(CC(=O)C(=O)NCC(C)(C)CNC(=O)c3ccc(Nc4nc(NC5(c6ccc(Cl)cc6)CC5)nc(OCC(F)(F)F)n4)cc3)cc2)c1. The average molecular weight is 816 g/mol. The van der Waals surface area contributed by atoms with Crippen LogP contribution in [0.25, 0.3) is 11.1 Å². The number of Topliss-reactive ketones (excluding diaryl/α,β-unsaturated/α-hetero) is 1. The molecule has 4 aromatic carbocycles. The Kier molecular flexibility index (Phi) is 12.5. The number of ketones is 1. The van der Waals surface area contributed by atoms with E-state index in [1.807, 2.05) is 74.5 Å². The molecule has 2 amide bonds. The van der Waals surface area contributed by atoms with Gasteiger partial charge in [-0.1, -0.05) is 74.0 Å². The lowest BCUT2D eigenvalue weighted by Gasteiger charge is -2.25. The van der Waals surface area contributed by atoms with Crippen molar-refractivity contribution in [3.8, 4) is 22.9 Å². The highest BCUT2D eigenvalue weighted by atomic mass is 35.5. The highest BCUT2D eigenvalue weighted by Gasteiger charge is 2.45. The number of amides is 2. The van der Waals surface area contributed by atoms with Gasteiger partial charge in [0.2, 0.25) is 17.7 Å². The fourth-order valence-electron chi connectivity index (χ4n) is 5.89. The Morgan fingerprint density at radius 1 is 0.810 bits per heavy atom. The third-order valence-electron chi connectivity index (χ3n) is 9.31. The Morgan fingerprint density at radius 2 is 1.48 bits per heavy atom. The second kappa shape index (κ2) is 17.5. The molecular weight excluding hydrogens is 775 g/mol. The molecule has 1 saturated carbocycles. The minimum Gasteiger partial charge on any atom is -0.497 e. The highest BCUT2D eigenvalue weighted by Crippen LogP contribution is 2.48.